The molecule has 106 valence electrons. The Bertz CT molecular complexity index is 667. The maximum atomic E-state index is 9.31. The van der Waals surface area contributed by atoms with Crippen LogP contribution in [-0.4, -0.2) is 31.3 Å². The van der Waals surface area contributed by atoms with Gasteiger partial charge in [-0.15, -0.1) is 0 Å². The Morgan fingerprint density at radius 2 is 1.90 bits per heavy atom. The van der Waals surface area contributed by atoms with E-state index in [0.29, 0.717) is 5.56 Å². The summed E-state index contributed by atoms with van der Waals surface area (Å²) in [6.07, 6.45) is 1.67. The van der Waals surface area contributed by atoms with Crippen molar-refractivity contribution in [2.75, 3.05) is 31.2 Å². The third-order valence-corrected chi connectivity index (χ3v) is 3.71. The summed E-state index contributed by atoms with van der Waals surface area (Å²) in [6.45, 7) is 5.18. The lowest BCUT2D eigenvalue weighted by Crippen LogP contribution is -2.36. The molecule has 2 heterocycles. The first kappa shape index (κ1) is 13.6. The van der Waals surface area contributed by atoms with Crippen LogP contribution in [0.5, 0.6) is 0 Å². The molecule has 0 unspecified atom stereocenters. The second kappa shape index (κ2) is 5.94. The smallest absolute Gasteiger partial charge is 0.129 e. The fourth-order valence-corrected chi connectivity index (χ4v) is 2.47. The highest BCUT2D eigenvalue weighted by molar-refractivity contribution is 5.73. The van der Waals surface area contributed by atoms with Crippen LogP contribution in [0.4, 0.5) is 5.82 Å². The summed E-state index contributed by atoms with van der Waals surface area (Å²) in [5.74, 6) is 0.910. The average molecular weight is 279 g/mol. The van der Waals surface area contributed by atoms with E-state index in [2.05, 4.69) is 47.1 Å². The van der Waals surface area contributed by atoms with E-state index in [4.69, 9.17) is 4.74 Å². The molecular weight excluding hydrogens is 262 g/mol. The molecule has 1 saturated heterocycles. The molecule has 0 aliphatic carbocycles. The number of morpholine rings is 1. The minimum Gasteiger partial charge on any atom is -0.378 e. The Balaban J connectivity index is 2.01. The fraction of sp³-hybridized carbons (Fsp3) is 0.294. The second-order valence-electron chi connectivity index (χ2n) is 5.17. The number of benzene rings is 1. The zero-order valence-corrected chi connectivity index (χ0v) is 12.0. The van der Waals surface area contributed by atoms with Gasteiger partial charge in [0.2, 0.25) is 0 Å². The maximum Gasteiger partial charge on any atom is 0.129 e. The third kappa shape index (κ3) is 2.88. The second-order valence-corrected chi connectivity index (χ2v) is 5.17. The fourth-order valence-electron chi connectivity index (χ4n) is 2.47. The number of hydrogen-bond acceptors (Lipinski definition) is 4. The first-order valence-corrected chi connectivity index (χ1v) is 7.08. The molecule has 4 heteroatoms. The minimum atomic E-state index is 0.607. The largest absolute Gasteiger partial charge is 0.378 e. The van der Waals surface area contributed by atoms with Gasteiger partial charge in [0.1, 0.15) is 11.9 Å². The molecule has 2 aromatic rings. The summed E-state index contributed by atoms with van der Waals surface area (Å²) in [5.41, 5.74) is 3.80. The maximum absolute atomic E-state index is 9.31. The Kier molecular flexibility index (Phi) is 3.85. The van der Waals surface area contributed by atoms with E-state index in [0.717, 1.165) is 43.2 Å². The first-order valence-electron chi connectivity index (χ1n) is 7.08. The van der Waals surface area contributed by atoms with Gasteiger partial charge in [0.15, 0.2) is 0 Å². The van der Waals surface area contributed by atoms with Crippen molar-refractivity contribution in [3.63, 3.8) is 0 Å². The number of pyridine rings is 1. The molecular formula is C17H17N3O. The summed E-state index contributed by atoms with van der Waals surface area (Å²) < 4.78 is 5.37. The molecule has 4 nitrogen and oxygen atoms in total. The number of nitriles is 1. The quantitative estimate of drug-likeness (QED) is 0.848. The monoisotopic (exact) mass is 279 g/mol. The van der Waals surface area contributed by atoms with Crippen LogP contribution in [0.3, 0.4) is 0 Å². The highest BCUT2D eigenvalue weighted by Gasteiger charge is 2.15. The first-order chi connectivity index (χ1) is 10.3. The van der Waals surface area contributed by atoms with Gasteiger partial charge in [-0.25, -0.2) is 4.98 Å². The SMILES string of the molecule is Cc1ccc(-c2cc(N3CCOCC3)ncc2C#N)cc1. The van der Waals surface area contributed by atoms with Crippen molar-refractivity contribution < 1.29 is 4.74 Å². The van der Waals surface area contributed by atoms with Crippen LogP contribution in [0.2, 0.25) is 0 Å². The highest BCUT2D eigenvalue weighted by atomic mass is 16.5. The zero-order chi connectivity index (χ0) is 14.7. The van der Waals surface area contributed by atoms with Crippen LogP contribution in [0.1, 0.15) is 11.1 Å². The van der Waals surface area contributed by atoms with Crippen LogP contribution in [0.25, 0.3) is 11.1 Å². The van der Waals surface area contributed by atoms with Gasteiger partial charge in [0.25, 0.3) is 0 Å². The van der Waals surface area contributed by atoms with Gasteiger partial charge in [0, 0.05) is 24.8 Å². The van der Waals surface area contributed by atoms with Gasteiger partial charge in [0.05, 0.1) is 18.8 Å². The average Bonchev–Trinajstić information content (AvgIpc) is 2.56. The van der Waals surface area contributed by atoms with Crippen molar-refractivity contribution in [2.24, 2.45) is 0 Å². The molecule has 0 atom stereocenters. The molecule has 1 aliphatic rings. The molecule has 0 N–H and O–H groups in total. The van der Waals surface area contributed by atoms with Gasteiger partial charge < -0.3 is 9.64 Å². The van der Waals surface area contributed by atoms with Crippen LogP contribution in [0.15, 0.2) is 36.5 Å². The Morgan fingerprint density at radius 1 is 1.19 bits per heavy atom. The third-order valence-electron chi connectivity index (χ3n) is 3.71. The number of anilines is 1. The van der Waals surface area contributed by atoms with E-state index in [-0.39, 0.29) is 0 Å². The van der Waals surface area contributed by atoms with E-state index in [1.165, 1.54) is 5.56 Å². The minimum absolute atomic E-state index is 0.607. The van der Waals surface area contributed by atoms with Crippen LogP contribution < -0.4 is 4.90 Å². The van der Waals surface area contributed by atoms with E-state index in [1.807, 2.05) is 6.07 Å². The number of aryl methyl sites for hydroxylation is 1. The molecule has 0 amide bonds. The van der Waals surface area contributed by atoms with Crippen LogP contribution in [-0.2, 0) is 4.74 Å². The van der Waals surface area contributed by atoms with Gasteiger partial charge in [-0.1, -0.05) is 29.8 Å². The van der Waals surface area contributed by atoms with Gasteiger partial charge in [-0.2, -0.15) is 5.26 Å². The molecule has 0 bridgehead atoms. The number of ether oxygens (including phenoxy) is 1. The van der Waals surface area contributed by atoms with Crippen molar-refractivity contribution in [2.45, 2.75) is 6.92 Å². The Morgan fingerprint density at radius 3 is 2.57 bits per heavy atom. The summed E-state index contributed by atoms with van der Waals surface area (Å²) >= 11 is 0. The van der Waals surface area contributed by atoms with Crippen molar-refractivity contribution in [1.82, 2.24) is 4.98 Å². The Hall–Kier alpha value is -2.38. The van der Waals surface area contributed by atoms with E-state index < -0.39 is 0 Å². The molecule has 1 aromatic carbocycles. The summed E-state index contributed by atoms with van der Waals surface area (Å²) in [5, 5.41) is 9.31. The number of nitrogens with zero attached hydrogens (tertiary/aromatic N) is 3. The number of rotatable bonds is 2. The summed E-state index contributed by atoms with van der Waals surface area (Å²) in [7, 11) is 0. The number of hydrogen-bond donors (Lipinski definition) is 0. The Labute approximate surface area is 124 Å². The van der Waals surface area contributed by atoms with Crippen molar-refractivity contribution >= 4 is 5.82 Å². The van der Waals surface area contributed by atoms with E-state index in [1.54, 1.807) is 6.20 Å². The van der Waals surface area contributed by atoms with E-state index >= 15 is 0 Å². The zero-order valence-electron chi connectivity index (χ0n) is 12.0. The van der Waals surface area contributed by atoms with E-state index in [9.17, 15) is 5.26 Å². The molecule has 1 aliphatic heterocycles. The molecule has 1 aromatic heterocycles. The lowest BCUT2D eigenvalue weighted by molar-refractivity contribution is 0.122. The predicted octanol–water partition coefficient (Wildman–Crippen LogP) is 2.77. The van der Waals surface area contributed by atoms with Gasteiger partial charge in [-0.05, 0) is 18.6 Å². The van der Waals surface area contributed by atoms with Gasteiger partial charge in [-0.3, -0.25) is 0 Å². The lowest BCUT2D eigenvalue weighted by atomic mass is 10.0. The van der Waals surface area contributed by atoms with Crippen molar-refractivity contribution in [1.29, 1.82) is 5.26 Å². The highest BCUT2D eigenvalue weighted by Crippen LogP contribution is 2.27. The summed E-state index contributed by atoms with van der Waals surface area (Å²) in [4.78, 5) is 6.62. The molecule has 1 fully saturated rings. The van der Waals surface area contributed by atoms with Crippen molar-refractivity contribution in [3.05, 3.63) is 47.7 Å². The van der Waals surface area contributed by atoms with Crippen molar-refractivity contribution in [3.8, 4) is 17.2 Å². The van der Waals surface area contributed by atoms with Gasteiger partial charge >= 0.3 is 0 Å². The standard InChI is InChI=1S/C17H17N3O/c1-13-2-4-14(5-3-13)16-10-17(19-12-15(16)11-18)20-6-8-21-9-7-20/h2-5,10,12H,6-9H2,1H3. The van der Waals surface area contributed by atoms with Crippen LogP contribution in [0, 0.1) is 18.3 Å². The number of aromatic nitrogens is 1. The topological polar surface area (TPSA) is 49.1 Å². The molecule has 0 radical (unpaired) electrons. The summed E-state index contributed by atoms with van der Waals surface area (Å²) in [6, 6.07) is 12.5. The predicted molar refractivity (Wildman–Crippen MR) is 82.2 cm³/mol. The molecule has 0 saturated carbocycles. The van der Waals surface area contributed by atoms with Crippen LogP contribution >= 0.6 is 0 Å². The molecule has 21 heavy (non-hydrogen) atoms. The lowest BCUT2D eigenvalue weighted by Gasteiger charge is -2.28. The molecule has 0 spiro atoms. The molecule has 3 rings (SSSR count). The normalized spacial score (nSPS) is 14.8.